The van der Waals surface area contributed by atoms with Crippen LogP contribution in [0.1, 0.15) is 18.4 Å². The van der Waals surface area contributed by atoms with Gasteiger partial charge < -0.3 is 14.7 Å². The SMILES string of the molecule is O=C(OCc1ccccc1)N1CCC(O)(Cn2ccnn2)CC1. The first kappa shape index (κ1) is 15.5. The second kappa shape index (κ2) is 6.78. The lowest BCUT2D eigenvalue weighted by Crippen LogP contribution is -2.48. The number of aromatic nitrogens is 3. The molecule has 122 valence electrons. The highest BCUT2D eigenvalue weighted by Gasteiger charge is 2.35. The van der Waals surface area contributed by atoms with Crippen LogP contribution >= 0.6 is 0 Å². The molecule has 7 heteroatoms. The van der Waals surface area contributed by atoms with Gasteiger partial charge in [0.15, 0.2) is 0 Å². The van der Waals surface area contributed by atoms with E-state index in [2.05, 4.69) is 10.3 Å². The third kappa shape index (κ3) is 4.07. The predicted molar refractivity (Wildman–Crippen MR) is 82.4 cm³/mol. The second-order valence-corrected chi connectivity index (χ2v) is 5.85. The van der Waals surface area contributed by atoms with E-state index in [1.165, 1.54) is 0 Å². The van der Waals surface area contributed by atoms with Crippen molar-refractivity contribution in [2.75, 3.05) is 13.1 Å². The first-order chi connectivity index (χ1) is 11.1. The van der Waals surface area contributed by atoms with Crippen LogP contribution in [0.5, 0.6) is 0 Å². The molecule has 1 aliphatic rings. The molecule has 1 aliphatic heterocycles. The monoisotopic (exact) mass is 316 g/mol. The van der Waals surface area contributed by atoms with E-state index in [9.17, 15) is 9.90 Å². The molecule has 0 spiro atoms. The Morgan fingerprint density at radius 2 is 2.00 bits per heavy atom. The number of ether oxygens (including phenoxy) is 1. The lowest BCUT2D eigenvalue weighted by Gasteiger charge is -2.37. The van der Waals surface area contributed by atoms with Crippen molar-refractivity contribution in [2.24, 2.45) is 0 Å². The molecule has 1 N–H and O–H groups in total. The lowest BCUT2D eigenvalue weighted by molar-refractivity contribution is -0.0356. The zero-order chi connectivity index (χ0) is 16.1. The molecule has 1 aromatic heterocycles. The summed E-state index contributed by atoms with van der Waals surface area (Å²) in [6, 6.07) is 9.58. The van der Waals surface area contributed by atoms with E-state index < -0.39 is 5.60 Å². The molecule has 1 fully saturated rings. The van der Waals surface area contributed by atoms with Crippen LogP contribution in [0.25, 0.3) is 0 Å². The predicted octanol–water partition coefficient (Wildman–Crippen LogP) is 1.44. The van der Waals surface area contributed by atoms with Gasteiger partial charge in [-0.05, 0) is 18.4 Å². The summed E-state index contributed by atoms with van der Waals surface area (Å²) in [6.45, 7) is 1.59. The van der Waals surface area contributed by atoms with Crippen molar-refractivity contribution in [3.63, 3.8) is 0 Å². The summed E-state index contributed by atoms with van der Waals surface area (Å²) in [5.74, 6) is 0. The number of benzene rings is 1. The van der Waals surface area contributed by atoms with Crippen LogP contribution in [0.4, 0.5) is 4.79 Å². The smallest absolute Gasteiger partial charge is 0.410 e. The Balaban J connectivity index is 1.47. The van der Waals surface area contributed by atoms with Crippen LogP contribution in [-0.2, 0) is 17.9 Å². The van der Waals surface area contributed by atoms with Gasteiger partial charge in [-0.25, -0.2) is 9.48 Å². The molecule has 1 amide bonds. The van der Waals surface area contributed by atoms with Gasteiger partial charge in [-0.2, -0.15) is 0 Å². The fourth-order valence-electron chi connectivity index (χ4n) is 2.69. The quantitative estimate of drug-likeness (QED) is 0.923. The molecular weight excluding hydrogens is 296 g/mol. The lowest BCUT2D eigenvalue weighted by atomic mass is 9.91. The molecule has 1 saturated heterocycles. The van der Waals surface area contributed by atoms with E-state index in [1.54, 1.807) is 22.0 Å². The average molecular weight is 316 g/mol. The number of hydrogen-bond donors (Lipinski definition) is 1. The van der Waals surface area contributed by atoms with E-state index in [0.29, 0.717) is 32.5 Å². The van der Waals surface area contributed by atoms with Crippen molar-refractivity contribution >= 4 is 6.09 Å². The minimum absolute atomic E-state index is 0.263. The number of carbonyl (C=O) groups excluding carboxylic acids is 1. The number of amides is 1. The molecule has 23 heavy (non-hydrogen) atoms. The summed E-state index contributed by atoms with van der Waals surface area (Å²) in [6.07, 6.45) is 3.95. The fourth-order valence-corrected chi connectivity index (χ4v) is 2.69. The van der Waals surface area contributed by atoms with Gasteiger partial charge in [-0.1, -0.05) is 35.5 Å². The van der Waals surface area contributed by atoms with Gasteiger partial charge in [-0.3, -0.25) is 0 Å². The highest BCUT2D eigenvalue weighted by atomic mass is 16.6. The Morgan fingerprint density at radius 1 is 1.26 bits per heavy atom. The third-order valence-corrected chi connectivity index (χ3v) is 4.09. The largest absolute Gasteiger partial charge is 0.445 e. The molecule has 2 heterocycles. The van der Waals surface area contributed by atoms with E-state index >= 15 is 0 Å². The first-order valence-electron chi connectivity index (χ1n) is 7.67. The van der Waals surface area contributed by atoms with E-state index in [-0.39, 0.29) is 12.7 Å². The standard InChI is InChI=1S/C16H20N4O3/c21-15(23-12-14-4-2-1-3-5-14)19-9-6-16(22,7-10-19)13-20-11-8-17-18-20/h1-5,8,11,22H,6-7,9-10,12-13H2. The molecule has 2 aromatic rings. The van der Waals surface area contributed by atoms with E-state index in [0.717, 1.165) is 5.56 Å². The molecule has 0 radical (unpaired) electrons. The summed E-state index contributed by atoms with van der Waals surface area (Å²) in [5.41, 5.74) is 0.102. The molecule has 0 atom stereocenters. The van der Waals surface area contributed by atoms with Crippen LogP contribution in [-0.4, -0.2) is 49.8 Å². The number of carbonyl (C=O) groups is 1. The first-order valence-corrected chi connectivity index (χ1v) is 7.67. The van der Waals surface area contributed by atoms with Crippen molar-refractivity contribution in [3.05, 3.63) is 48.3 Å². The zero-order valence-electron chi connectivity index (χ0n) is 12.8. The Bertz CT molecular complexity index is 622. The van der Waals surface area contributed by atoms with Gasteiger partial charge >= 0.3 is 6.09 Å². The highest BCUT2D eigenvalue weighted by molar-refractivity contribution is 5.67. The average Bonchev–Trinajstić information content (AvgIpc) is 3.06. The number of aliphatic hydroxyl groups is 1. The molecular formula is C16H20N4O3. The maximum Gasteiger partial charge on any atom is 0.410 e. The van der Waals surface area contributed by atoms with Gasteiger partial charge in [0.2, 0.25) is 0 Å². The molecule has 7 nitrogen and oxygen atoms in total. The number of nitrogens with zero attached hydrogens (tertiary/aromatic N) is 4. The van der Waals surface area contributed by atoms with Gasteiger partial charge in [0, 0.05) is 19.3 Å². The van der Waals surface area contributed by atoms with Crippen molar-refractivity contribution in [3.8, 4) is 0 Å². The van der Waals surface area contributed by atoms with E-state index in [4.69, 9.17) is 4.74 Å². The van der Waals surface area contributed by atoms with Gasteiger partial charge in [0.05, 0.1) is 18.3 Å². The molecule has 0 unspecified atom stereocenters. The fraction of sp³-hybridized carbons (Fsp3) is 0.438. The third-order valence-electron chi connectivity index (χ3n) is 4.09. The summed E-state index contributed by atoms with van der Waals surface area (Å²) >= 11 is 0. The van der Waals surface area contributed by atoms with Gasteiger partial charge in [-0.15, -0.1) is 5.10 Å². The number of likely N-dealkylation sites (tertiary alicyclic amines) is 1. The van der Waals surface area contributed by atoms with Gasteiger partial charge in [0.25, 0.3) is 0 Å². The van der Waals surface area contributed by atoms with Crippen LogP contribution in [0.15, 0.2) is 42.7 Å². The minimum Gasteiger partial charge on any atom is -0.445 e. The topological polar surface area (TPSA) is 80.5 Å². The van der Waals surface area contributed by atoms with Crippen molar-refractivity contribution in [1.82, 2.24) is 19.9 Å². The van der Waals surface area contributed by atoms with Crippen LogP contribution in [0.3, 0.4) is 0 Å². The Morgan fingerprint density at radius 3 is 2.65 bits per heavy atom. The van der Waals surface area contributed by atoms with Gasteiger partial charge in [0.1, 0.15) is 6.61 Å². The van der Waals surface area contributed by atoms with Crippen molar-refractivity contribution in [2.45, 2.75) is 31.6 Å². The molecule has 0 aliphatic carbocycles. The van der Waals surface area contributed by atoms with E-state index in [1.807, 2.05) is 30.3 Å². The molecule has 3 rings (SSSR count). The maximum absolute atomic E-state index is 12.1. The Hall–Kier alpha value is -2.41. The minimum atomic E-state index is -0.857. The number of piperidine rings is 1. The summed E-state index contributed by atoms with van der Waals surface area (Å²) in [7, 11) is 0. The normalized spacial score (nSPS) is 17.0. The van der Waals surface area contributed by atoms with Crippen molar-refractivity contribution in [1.29, 1.82) is 0 Å². The molecule has 1 aromatic carbocycles. The van der Waals surface area contributed by atoms with Crippen LogP contribution in [0, 0.1) is 0 Å². The zero-order valence-corrected chi connectivity index (χ0v) is 12.8. The Kier molecular flexibility index (Phi) is 4.57. The number of rotatable bonds is 4. The Labute approximate surface area is 134 Å². The second-order valence-electron chi connectivity index (χ2n) is 5.85. The van der Waals surface area contributed by atoms with Crippen LogP contribution < -0.4 is 0 Å². The molecule has 0 bridgehead atoms. The highest BCUT2D eigenvalue weighted by Crippen LogP contribution is 2.24. The number of hydrogen-bond acceptors (Lipinski definition) is 5. The summed E-state index contributed by atoms with van der Waals surface area (Å²) < 4.78 is 6.93. The van der Waals surface area contributed by atoms with Crippen molar-refractivity contribution < 1.29 is 14.6 Å². The molecule has 0 saturated carbocycles. The summed E-state index contributed by atoms with van der Waals surface area (Å²) in [5, 5.41) is 18.2. The maximum atomic E-state index is 12.1. The summed E-state index contributed by atoms with van der Waals surface area (Å²) in [4.78, 5) is 13.7. The van der Waals surface area contributed by atoms with Crippen LogP contribution in [0.2, 0.25) is 0 Å².